The van der Waals surface area contributed by atoms with Crippen LogP contribution in [0.4, 0.5) is 5.00 Å². The van der Waals surface area contributed by atoms with Crippen molar-refractivity contribution in [2.75, 3.05) is 39.7 Å². The molecule has 8 nitrogen and oxygen atoms in total. The highest BCUT2D eigenvalue weighted by Crippen LogP contribution is 2.33. The number of amides is 2. The van der Waals surface area contributed by atoms with Gasteiger partial charge in [0, 0.05) is 13.6 Å². The van der Waals surface area contributed by atoms with Gasteiger partial charge in [0.1, 0.15) is 10.8 Å². The summed E-state index contributed by atoms with van der Waals surface area (Å²) in [6.45, 7) is 4.24. The average Bonchev–Trinajstić information content (AvgIpc) is 3.13. The molecule has 0 saturated carbocycles. The first kappa shape index (κ1) is 25.2. The van der Waals surface area contributed by atoms with E-state index in [-0.39, 0.29) is 30.5 Å². The van der Waals surface area contributed by atoms with Crippen molar-refractivity contribution in [1.29, 1.82) is 0 Å². The number of nitrogens with zero attached hydrogens (tertiary/aromatic N) is 1. The highest BCUT2D eigenvalue weighted by Gasteiger charge is 2.26. The van der Waals surface area contributed by atoms with Crippen LogP contribution in [0.5, 0.6) is 5.75 Å². The van der Waals surface area contributed by atoms with Gasteiger partial charge in [0.2, 0.25) is 5.91 Å². The Labute approximate surface area is 202 Å². The Morgan fingerprint density at radius 2 is 1.79 bits per heavy atom. The van der Waals surface area contributed by atoms with Gasteiger partial charge in [0.25, 0.3) is 5.91 Å². The van der Waals surface area contributed by atoms with Gasteiger partial charge in [-0.2, -0.15) is 0 Å². The number of ether oxygens (including phenoxy) is 2. The zero-order valence-electron chi connectivity index (χ0n) is 20.0. The van der Waals surface area contributed by atoms with Crippen LogP contribution in [0.3, 0.4) is 0 Å². The second-order valence-electron chi connectivity index (χ2n) is 7.83. The molecule has 3 rings (SSSR count). The summed E-state index contributed by atoms with van der Waals surface area (Å²) in [6, 6.07) is 12.0. The first-order valence-electron chi connectivity index (χ1n) is 10.8. The maximum Gasteiger partial charge on any atom is 0.341 e. The van der Waals surface area contributed by atoms with E-state index in [1.165, 1.54) is 7.05 Å². The van der Waals surface area contributed by atoms with E-state index in [0.29, 0.717) is 22.0 Å². The summed E-state index contributed by atoms with van der Waals surface area (Å²) in [5.74, 6) is -0.370. The van der Waals surface area contributed by atoms with Crippen LogP contribution in [0.1, 0.15) is 38.1 Å². The number of anilines is 1. The first-order valence-corrected chi connectivity index (χ1v) is 11.7. The van der Waals surface area contributed by atoms with Crippen LogP contribution >= 0.6 is 11.3 Å². The quantitative estimate of drug-likeness (QED) is 0.449. The van der Waals surface area contributed by atoms with Gasteiger partial charge < -0.3 is 20.1 Å². The van der Waals surface area contributed by atoms with Crippen molar-refractivity contribution in [3.8, 4) is 5.75 Å². The SMILES string of the molecule is CCOC(=O)c1c(NC(=O)CN(C)Cc2ccc3cc(OC)ccc3c2)sc(C(=O)NC)c1C. The molecule has 0 spiro atoms. The number of benzene rings is 2. The third-order valence-corrected chi connectivity index (χ3v) is 6.50. The predicted octanol–water partition coefficient (Wildman–Crippen LogP) is 3.83. The monoisotopic (exact) mass is 483 g/mol. The maximum absolute atomic E-state index is 12.8. The van der Waals surface area contributed by atoms with Crippen molar-refractivity contribution < 1.29 is 23.9 Å². The van der Waals surface area contributed by atoms with Gasteiger partial charge in [-0.25, -0.2) is 4.79 Å². The van der Waals surface area contributed by atoms with Crippen LogP contribution in [0.15, 0.2) is 36.4 Å². The van der Waals surface area contributed by atoms with Gasteiger partial charge in [-0.05, 0) is 61.0 Å². The number of esters is 1. The van der Waals surface area contributed by atoms with Crippen LogP contribution in [-0.4, -0.2) is 57.0 Å². The molecule has 1 heterocycles. The minimum atomic E-state index is -0.567. The lowest BCUT2D eigenvalue weighted by Crippen LogP contribution is -2.30. The maximum atomic E-state index is 12.8. The highest BCUT2D eigenvalue weighted by molar-refractivity contribution is 7.18. The number of fused-ring (bicyclic) bond motifs is 1. The minimum absolute atomic E-state index is 0.106. The number of carbonyl (C=O) groups excluding carboxylic acids is 3. The van der Waals surface area contributed by atoms with Gasteiger partial charge in [-0.15, -0.1) is 11.3 Å². The van der Waals surface area contributed by atoms with E-state index in [2.05, 4.69) is 16.7 Å². The Morgan fingerprint density at radius 3 is 2.47 bits per heavy atom. The Morgan fingerprint density at radius 1 is 1.09 bits per heavy atom. The van der Waals surface area contributed by atoms with Crippen molar-refractivity contribution in [3.63, 3.8) is 0 Å². The number of methoxy groups -OCH3 is 1. The van der Waals surface area contributed by atoms with Crippen molar-refractivity contribution in [1.82, 2.24) is 10.2 Å². The van der Waals surface area contributed by atoms with E-state index in [0.717, 1.165) is 33.4 Å². The number of nitrogens with one attached hydrogen (secondary N) is 2. The van der Waals surface area contributed by atoms with Crippen molar-refractivity contribution >= 4 is 44.9 Å². The molecule has 0 unspecified atom stereocenters. The lowest BCUT2D eigenvalue weighted by Gasteiger charge is -2.17. The molecular formula is C25H29N3O5S. The molecule has 180 valence electrons. The third kappa shape index (κ3) is 5.73. The molecule has 3 aromatic rings. The molecule has 2 aromatic carbocycles. The van der Waals surface area contributed by atoms with Crippen molar-refractivity contribution in [3.05, 3.63) is 58.0 Å². The van der Waals surface area contributed by atoms with Gasteiger partial charge in [0.05, 0.1) is 30.7 Å². The summed E-state index contributed by atoms with van der Waals surface area (Å²) in [7, 11) is 5.00. The number of hydrogen-bond donors (Lipinski definition) is 2. The summed E-state index contributed by atoms with van der Waals surface area (Å²) in [6.07, 6.45) is 0. The molecule has 0 atom stereocenters. The number of carbonyl (C=O) groups is 3. The standard InChI is InChI=1S/C25H29N3O5S/c1-6-33-25(31)21-15(2)22(23(30)26-3)34-24(21)27-20(29)14-28(4)13-16-7-8-18-12-19(32-5)10-9-17(18)11-16/h7-12H,6,13-14H2,1-5H3,(H,26,30)(H,27,29). The van der Waals surface area contributed by atoms with Crippen LogP contribution in [0.25, 0.3) is 10.8 Å². The number of thiophene rings is 1. The second kappa shape index (κ2) is 11.1. The fourth-order valence-electron chi connectivity index (χ4n) is 3.66. The Hall–Kier alpha value is -3.43. The topological polar surface area (TPSA) is 97.0 Å². The van der Waals surface area contributed by atoms with E-state index >= 15 is 0 Å². The van der Waals surface area contributed by atoms with E-state index in [1.807, 2.05) is 42.3 Å². The second-order valence-corrected chi connectivity index (χ2v) is 8.85. The molecule has 0 aliphatic heterocycles. The third-order valence-electron chi connectivity index (χ3n) is 5.29. The summed E-state index contributed by atoms with van der Waals surface area (Å²) < 4.78 is 10.4. The van der Waals surface area contributed by atoms with Crippen molar-refractivity contribution in [2.24, 2.45) is 0 Å². The molecule has 9 heteroatoms. The largest absolute Gasteiger partial charge is 0.497 e. The molecule has 0 aliphatic carbocycles. The summed E-state index contributed by atoms with van der Waals surface area (Å²) in [5, 5.41) is 7.83. The van der Waals surface area contributed by atoms with Crippen LogP contribution in [0, 0.1) is 6.92 Å². The molecule has 0 fully saturated rings. The number of hydrogen-bond acceptors (Lipinski definition) is 7. The summed E-state index contributed by atoms with van der Waals surface area (Å²) >= 11 is 1.06. The molecule has 2 amide bonds. The van der Waals surface area contributed by atoms with E-state index in [4.69, 9.17) is 9.47 Å². The molecule has 0 bridgehead atoms. The Bertz CT molecular complexity index is 1220. The van der Waals surface area contributed by atoms with E-state index in [1.54, 1.807) is 21.0 Å². The number of likely N-dealkylation sites (N-methyl/N-ethyl adjacent to an activating group) is 1. The zero-order chi connectivity index (χ0) is 24.8. The molecule has 2 N–H and O–H groups in total. The highest BCUT2D eigenvalue weighted by atomic mass is 32.1. The fourth-order valence-corrected chi connectivity index (χ4v) is 4.82. The smallest absolute Gasteiger partial charge is 0.341 e. The predicted molar refractivity (Wildman–Crippen MR) is 134 cm³/mol. The molecular weight excluding hydrogens is 454 g/mol. The molecule has 34 heavy (non-hydrogen) atoms. The summed E-state index contributed by atoms with van der Waals surface area (Å²) in [5.41, 5.74) is 1.76. The first-order chi connectivity index (χ1) is 16.3. The Balaban J connectivity index is 1.71. The van der Waals surface area contributed by atoms with Crippen LogP contribution in [0.2, 0.25) is 0 Å². The normalized spacial score (nSPS) is 10.9. The number of rotatable bonds is 9. The van der Waals surface area contributed by atoms with E-state index < -0.39 is 5.97 Å². The van der Waals surface area contributed by atoms with Crippen molar-refractivity contribution in [2.45, 2.75) is 20.4 Å². The lowest BCUT2D eigenvalue weighted by molar-refractivity contribution is -0.117. The Kier molecular flexibility index (Phi) is 8.25. The van der Waals surface area contributed by atoms with Crippen LogP contribution < -0.4 is 15.4 Å². The molecule has 0 saturated heterocycles. The fraction of sp³-hybridized carbons (Fsp3) is 0.320. The minimum Gasteiger partial charge on any atom is -0.497 e. The molecule has 0 aliphatic rings. The van der Waals surface area contributed by atoms with Gasteiger partial charge in [-0.3, -0.25) is 14.5 Å². The van der Waals surface area contributed by atoms with Gasteiger partial charge in [0.15, 0.2) is 0 Å². The van der Waals surface area contributed by atoms with Gasteiger partial charge >= 0.3 is 5.97 Å². The van der Waals surface area contributed by atoms with E-state index in [9.17, 15) is 14.4 Å². The van der Waals surface area contributed by atoms with Crippen LogP contribution in [-0.2, 0) is 16.1 Å². The lowest BCUT2D eigenvalue weighted by atomic mass is 10.1. The molecule has 0 radical (unpaired) electrons. The van der Waals surface area contributed by atoms with Gasteiger partial charge in [-0.1, -0.05) is 18.2 Å². The summed E-state index contributed by atoms with van der Waals surface area (Å²) in [4.78, 5) is 39.7. The average molecular weight is 484 g/mol. The molecule has 1 aromatic heterocycles. The zero-order valence-corrected chi connectivity index (χ0v) is 20.8.